The molecule has 0 aromatic heterocycles. The molecule has 0 aliphatic heterocycles. The van der Waals surface area contributed by atoms with Gasteiger partial charge in [-0.2, -0.15) is 0 Å². The number of rotatable bonds is 6. The van der Waals surface area contributed by atoms with Gasteiger partial charge in [0.25, 0.3) is 0 Å². The zero-order valence-corrected chi connectivity index (χ0v) is 10.1. The lowest BCUT2D eigenvalue weighted by Gasteiger charge is -2.30. The molecule has 0 amide bonds. The van der Waals surface area contributed by atoms with Crippen LogP contribution < -0.4 is 0 Å². The van der Waals surface area contributed by atoms with Crippen LogP contribution >= 0.6 is 0 Å². The summed E-state index contributed by atoms with van der Waals surface area (Å²) >= 11 is 0. The number of carbonyl (C=O) groups is 1. The van der Waals surface area contributed by atoms with Crippen molar-refractivity contribution in [1.82, 2.24) is 4.90 Å². The largest absolute Gasteiger partial charge is 0.468 e. The number of ether oxygens (including phenoxy) is 2. The van der Waals surface area contributed by atoms with Crippen LogP contribution in [0.5, 0.6) is 0 Å². The van der Waals surface area contributed by atoms with E-state index in [-0.39, 0.29) is 5.97 Å². The average Bonchev–Trinajstić information content (AvgIpc) is 2.35. The van der Waals surface area contributed by atoms with Crippen molar-refractivity contribution in [2.45, 2.75) is 25.3 Å². The molecule has 1 aliphatic rings. The minimum Gasteiger partial charge on any atom is -0.468 e. The second-order valence-electron chi connectivity index (χ2n) is 3.97. The van der Waals surface area contributed by atoms with Gasteiger partial charge in [0.1, 0.15) is 0 Å². The van der Waals surface area contributed by atoms with Crippen molar-refractivity contribution in [2.24, 2.45) is 0 Å². The van der Waals surface area contributed by atoms with Crippen LogP contribution in [0.2, 0.25) is 0 Å². The van der Waals surface area contributed by atoms with Gasteiger partial charge in [-0.05, 0) is 19.3 Å². The molecule has 92 valence electrons. The number of hydrogen-bond acceptors (Lipinski definition) is 4. The predicted molar refractivity (Wildman–Crippen MR) is 62.2 cm³/mol. The molecule has 0 saturated heterocycles. The lowest BCUT2D eigenvalue weighted by molar-refractivity contribution is -0.142. The van der Waals surface area contributed by atoms with E-state index in [1.807, 2.05) is 0 Å². The number of esters is 1. The Morgan fingerprint density at radius 3 is 2.88 bits per heavy atom. The van der Waals surface area contributed by atoms with Gasteiger partial charge in [-0.3, -0.25) is 9.69 Å². The number of carbonyl (C=O) groups excluding carboxylic acids is 1. The fraction of sp³-hybridized carbons (Fsp3) is 0.750. The molecule has 0 heterocycles. The van der Waals surface area contributed by atoms with Crippen molar-refractivity contribution in [3.05, 3.63) is 12.2 Å². The van der Waals surface area contributed by atoms with Crippen molar-refractivity contribution in [3.8, 4) is 0 Å². The van der Waals surface area contributed by atoms with Crippen LogP contribution in [0.3, 0.4) is 0 Å². The normalized spacial score (nSPS) is 20.1. The second-order valence-corrected chi connectivity index (χ2v) is 3.97. The zero-order valence-electron chi connectivity index (χ0n) is 10.1. The van der Waals surface area contributed by atoms with E-state index in [1.54, 1.807) is 7.11 Å². The molecule has 1 rings (SSSR count). The number of nitrogens with zero attached hydrogens (tertiary/aromatic N) is 1. The van der Waals surface area contributed by atoms with Gasteiger partial charge in [-0.25, -0.2) is 0 Å². The Labute approximate surface area is 97.2 Å². The molecule has 1 aliphatic carbocycles. The van der Waals surface area contributed by atoms with Crippen molar-refractivity contribution in [1.29, 1.82) is 0 Å². The molecule has 0 bridgehead atoms. The summed E-state index contributed by atoms with van der Waals surface area (Å²) in [4.78, 5) is 13.4. The molecule has 0 saturated carbocycles. The van der Waals surface area contributed by atoms with Gasteiger partial charge in [-0.15, -0.1) is 0 Å². The van der Waals surface area contributed by atoms with E-state index in [9.17, 15) is 4.79 Å². The van der Waals surface area contributed by atoms with Crippen molar-refractivity contribution < 1.29 is 14.3 Å². The van der Waals surface area contributed by atoms with Gasteiger partial charge in [-0.1, -0.05) is 12.2 Å². The van der Waals surface area contributed by atoms with Crippen LogP contribution in [-0.4, -0.2) is 50.8 Å². The highest BCUT2D eigenvalue weighted by molar-refractivity contribution is 5.71. The minimum atomic E-state index is -0.185. The van der Waals surface area contributed by atoms with Gasteiger partial charge in [0.05, 0.1) is 20.3 Å². The third-order valence-corrected chi connectivity index (χ3v) is 2.84. The van der Waals surface area contributed by atoms with Gasteiger partial charge in [0, 0.05) is 19.7 Å². The standard InChI is InChI=1S/C12H21NO3/c1-15-9-8-13(10-12(14)16-2)11-6-4-3-5-7-11/h4,6,11H,3,5,7-10H2,1-2H3/t11-/m0/s1. The van der Waals surface area contributed by atoms with E-state index >= 15 is 0 Å². The fourth-order valence-corrected chi connectivity index (χ4v) is 1.90. The van der Waals surface area contributed by atoms with Crippen molar-refractivity contribution in [3.63, 3.8) is 0 Å². The first kappa shape index (κ1) is 13.2. The molecule has 16 heavy (non-hydrogen) atoms. The van der Waals surface area contributed by atoms with Crippen LogP contribution in [0.25, 0.3) is 0 Å². The van der Waals surface area contributed by atoms with Crippen molar-refractivity contribution in [2.75, 3.05) is 33.9 Å². The summed E-state index contributed by atoms with van der Waals surface area (Å²) in [5, 5.41) is 0. The first-order chi connectivity index (χ1) is 7.77. The molecule has 0 fully saturated rings. The van der Waals surface area contributed by atoms with Crippen LogP contribution in [0.1, 0.15) is 19.3 Å². The maximum absolute atomic E-state index is 11.3. The van der Waals surface area contributed by atoms with Crippen LogP contribution in [0.15, 0.2) is 12.2 Å². The third-order valence-electron chi connectivity index (χ3n) is 2.84. The van der Waals surface area contributed by atoms with Crippen molar-refractivity contribution >= 4 is 5.97 Å². The molecule has 0 radical (unpaired) electrons. The summed E-state index contributed by atoms with van der Waals surface area (Å²) in [6.45, 7) is 1.75. The average molecular weight is 227 g/mol. The fourth-order valence-electron chi connectivity index (χ4n) is 1.90. The minimum absolute atomic E-state index is 0.185. The highest BCUT2D eigenvalue weighted by Gasteiger charge is 2.20. The summed E-state index contributed by atoms with van der Waals surface area (Å²) in [6.07, 6.45) is 7.81. The number of methoxy groups -OCH3 is 2. The molecule has 0 unspecified atom stereocenters. The van der Waals surface area contributed by atoms with Crippen LogP contribution in [0.4, 0.5) is 0 Å². The zero-order chi connectivity index (χ0) is 11.8. The monoisotopic (exact) mass is 227 g/mol. The topological polar surface area (TPSA) is 38.8 Å². The Kier molecular flexibility index (Phi) is 6.11. The van der Waals surface area contributed by atoms with E-state index in [4.69, 9.17) is 9.47 Å². The Morgan fingerprint density at radius 1 is 1.50 bits per heavy atom. The van der Waals surface area contributed by atoms with Crippen LogP contribution in [-0.2, 0) is 14.3 Å². The van der Waals surface area contributed by atoms with E-state index in [2.05, 4.69) is 17.1 Å². The van der Waals surface area contributed by atoms with Gasteiger partial charge >= 0.3 is 5.97 Å². The Balaban J connectivity index is 2.50. The highest BCUT2D eigenvalue weighted by Crippen LogP contribution is 2.16. The van der Waals surface area contributed by atoms with E-state index in [0.717, 1.165) is 19.4 Å². The second kappa shape index (κ2) is 7.41. The SMILES string of the molecule is COCCN(CC(=O)OC)[C@H]1C=CCCC1. The maximum atomic E-state index is 11.3. The summed E-state index contributed by atoms with van der Waals surface area (Å²) in [5.74, 6) is -0.185. The molecular formula is C12H21NO3. The van der Waals surface area contributed by atoms with Gasteiger partial charge in [0.15, 0.2) is 0 Å². The first-order valence-corrected chi connectivity index (χ1v) is 5.74. The Morgan fingerprint density at radius 2 is 2.31 bits per heavy atom. The molecule has 4 heteroatoms. The molecule has 0 aromatic carbocycles. The first-order valence-electron chi connectivity index (χ1n) is 5.74. The smallest absolute Gasteiger partial charge is 0.319 e. The molecule has 0 N–H and O–H groups in total. The summed E-state index contributed by atoms with van der Waals surface area (Å²) < 4.78 is 9.77. The Hall–Kier alpha value is -0.870. The molecular weight excluding hydrogens is 206 g/mol. The van der Waals surface area contributed by atoms with E-state index in [1.165, 1.54) is 13.5 Å². The Bertz CT molecular complexity index is 240. The highest BCUT2D eigenvalue weighted by atomic mass is 16.5. The maximum Gasteiger partial charge on any atom is 0.319 e. The summed E-state index contributed by atoms with van der Waals surface area (Å²) in [5.41, 5.74) is 0. The van der Waals surface area contributed by atoms with E-state index in [0.29, 0.717) is 19.2 Å². The molecule has 0 aromatic rings. The quantitative estimate of drug-likeness (QED) is 0.505. The van der Waals surface area contributed by atoms with E-state index < -0.39 is 0 Å². The summed E-state index contributed by atoms with van der Waals surface area (Å²) in [6, 6.07) is 0.350. The van der Waals surface area contributed by atoms with Crippen LogP contribution in [0, 0.1) is 0 Å². The molecule has 0 spiro atoms. The lowest BCUT2D eigenvalue weighted by atomic mass is 10.0. The number of allylic oxidation sites excluding steroid dienone is 1. The predicted octanol–water partition coefficient (Wildman–Crippen LogP) is 1.22. The number of hydrogen-bond donors (Lipinski definition) is 0. The summed E-state index contributed by atoms with van der Waals surface area (Å²) in [7, 11) is 3.10. The third kappa shape index (κ3) is 4.33. The lowest BCUT2D eigenvalue weighted by Crippen LogP contribution is -2.41. The van der Waals surface area contributed by atoms with Gasteiger partial charge < -0.3 is 9.47 Å². The van der Waals surface area contributed by atoms with Gasteiger partial charge in [0.2, 0.25) is 0 Å². The molecule has 1 atom stereocenters. The molecule has 4 nitrogen and oxygen atoms in total.